The number of nitrogen functional groups attached to an aromatic ring is 1. The molecular weight excluding hydrogens is 232 g/mol. The van der Waals surface area contributed by atoms with E-state index in [1.165, 1.54) is 0 Å². The molecule has 17 heavy (non-hydrogen) atoms. The van der Waals surface area contributed by atoms with Crippen molar-refractivity contribution in [2.75, 3.05) is 5.73 Å². The summed E-state index contributed by atoms with van der Waals surface area (Å²) in [7, 11) is 0. The van der Waals surface area contributed by atoms with E-state index < -0.39 is 0 Å². The molecule has 0 amide bonds. The molecule has 2 aromatic heterocycles. The molecule has 1 aliphatic rings. The Morgan fingerprint density at radius 3 is 3.06 bits per heavy atom. The number of hydrogen-bond acceptors (Lipinski definition) is 5. The van der Waals surface area contributed by atoms with Crippen molar-refractivity contribution >= 4 is 17.6 Å². The van der Waals surface area contributed by atoms with Gasteiger partial charge in [0.15, 0.2) is 0 Å². The fourth-order valence-corrected chi connectivity index (χ4v) is 2.95. The number of rotatable bonds is 2. The van der Waals surface area contributed by atoms with Crippen LogP contribution in [0.1, 0.15) is 22.6 Å². The van der Waals surface area contributed by atoms with E-state index >= 15 is 0 Å². The lowest BCUT2D eigenvalue weighted by atomic mass is 10.2. The van der Waals surface area contributed by atoms with Gasteiger partial charge in [-0.25, -0.2) is 9.97 Å². The Morgan fingerprint density at radius 1 is 1.29 bits per heavy atom. The molecule has 3 rings (SSSR count). The Morgan fingerprint density at radius 2 is 2.24 bits per heavy atom. The van der Waals surface area contributed by atoms with Gasteiger partial charge in [-0.15, -0.1) is 0 Å². The number of nitrogens with two attached hydrogens (primary N) is 1. The molecule has 4 nitrogen and oxygen atoms in total. The maximum Gasteiger partial charge on any atom is 0.135 e. The predicted molar refractivity (Wildman–Crippen MR) is 68.5 cm³/mol. The Kier molecular flexibility index (Phi) is 2.68. The zero-order chi connectivity index (χ0) is 11.7. The molecule has 2 N–H and O–H groups in total. The van der Waals surface area contributed by atoms with Crippen LogP contribution in [0.2, 0.25) is 0 Å². The van der Waals surface area contributed by atoms with Crippen LogP contribution in [0.4, 0.5) is 5.82 Å². The van der Waals surface area contributed by atoms with Crippen molar-refractivity contribution in [3.63, 3.8) is 0 Å². The second kappa shape index (κ2) is 4.33. The van der Waals surface area contributed by atoms with Crippen molar-refractivity contribution in [1.82, 2.24) is 15.0 Å². The molecule has 3 heterocycles. The SMILES string of the molecule is Nc1nc(Cc2cccnc2)nc2c1CSC2. The molecule has 0 radical (unpaired) electrons. The van der Waals surface area contributed by atoms with E-state index in [1.54, 1.807) is 6.20 Å². The van der Waals surface area contributed by atoms with E-state index in [2.05, 4.69) is 15.0 Å². The van der Waals surface area contributed by atoms with Gasteiger partial charge in [0.1, 0.15) is 11.6 Å². The van der Waals surface area contributed by atoms with E-state index in [-0.39, 0.29) is 0 Å². The predicted octanol–water partition coefficient (Wildman–Crippen LogP) is 1.79. The summed E-state index contributed by atoms with van der Waals surface area (Å²) in [5.41, 5.74) is 9.27. The molecular formula is C12H12N4S. The Bertz CT molecular complexity index is 542. The van der Waals surface area contributed by atoms with Gasteiger partial charge in [-0.1, -0.05) is 6.07 Å². The smallest absolute Gasteiger partial charge is 0.135 e. The zero-order valence-electron chi connectivity index (χ0n) is 9.26. The lowest BCUT2D eigenvalue weighted by Gasteiger charge is -2.05. The van der Waals surface area contributed by atoms with Crippen molar-refractivity contribution in [2.45, 2.75) is 17.9 Å². The fraction of sp³-hybridized carbons (Fsp3) is 0.250. The highest BCUT2D eigenvalue weighted by Gasteiger charge is 2.18. The summed E-state index contributed by atoms with van der Waals surface area (Å²) in [6, 6.07) is 3.94. The standard InChI is InChI=1S/C12H12N4S/c13-12-9-6-17-7-10(9)15-11(16-12)4-8-2-1-3-14-5-8/h1-3,5H,4,6-7H2,(H2,13,15,16). The second-order valence-corrected chi connectivity index (χ2v) is 4.97. The molecule has 5 heteroatoms. The van der Waals surface area contributed by atoms with Crippen LogP contribution in [-0.4, -0.2) is 15.0 Å². The van der Waals surface area contributed by atoms with E-state index in [4.69, 9.17) is 5.73 Å². The molecule has 0 fully saturated rings. The number of aromatic nitrogens is 3. The van der Waals surface area contributed by atoms with Crippen LogP contribution in [-0.2, 0) is 17.9 Å². The van der Waals surface area contributed by atoms with Gasteiger partial charge in [-0.3, -0.25) is 4.98 Å². The minimum absolute atomic E-state index is 0.638. The average molecular weight is 244 g/mol. The lowest BCUT2D eigenvalue weighted by molar-refractivity contribution is 0.930. The molecule has 0 atom stereocenters. The van der Waals surface area contributed by atoms with Crippen LogP contribution in [0.25, 0.3) is 0 Å². The quantitative estimate of drug-likeness (QED) is 0.872. The van der Waals surface area contributed by atoms with Gasteiger partial charge < -0.3 is 5.73 Å². The van der Waals surface area contributed by atoms with Gasteiger partial charge >= 0.3 is 0 Å². The number of anilines is 1. The monoisotopic (exact) mass is 244 g/mol. The molecule has 0 aromatic carbocycles. The normalized spacial score (nSPS) is 13.6. The molecule has 0 unspecified atom stereocenters. The molecule has 0 aliphatic carbocycles. The molecule has 2 aromatic rings. The minimum Gasteiger partial charge on any atom is -0.383 e. The van der Waals surface area contributed by atoms with Crippen LogP contribution in [0, 0.1) is 0 Å². The van der Waals surface area contributed by atoms with Crippen molar-refractivity contribution < 1.29 is 0 Å². The number of pyridine rings is 1. The highest BCUT2D eigenvalue weighted by molar-refractivity contribution is 7.98. The lowest BCUT2D eigenvalue weighted by Crippen LogP contribution is -2.06. The summed E-state index contributed by atoms with van der Waals surface area (Å²) in [5.74, 6) is 3.31. The molecule has 0 saturated heterocycles. The summed E-state index contributed by atoms with van der Waals surface area (Å²) in [4.78, 5) is 13.0. The van der Waals surface area contributed by atoms with Crippen LogP contribution in [0.5, 0.6) is 0 Å². The van der Waals surface area contributed by atoms with Gasteiger partial charge in [0.2, 0.25) is 0 Å². The molecule has 1 aliphatic heterocycles. The average Bonchev–Trinajstić information content (AvgIpc) is 2.79. The Labute approximate surface area is 104 Å². The zero-order valence-corrected chi connectivity index (χ0v) is 10.1. The van der Waals surface area contributed by atoms with Crippen molar-refractivity contribution in [1.29, 1.82) is 0 Å². The van der Waals surface area contributed by atoms with Crippen LogP contribution < -0.4 is 5.73 Å². The maximum atomic E-state index is 5.95. The Hall–Kier alpha value is -1.62. The summed E-state index contributed by atoms with van der Waals surface area (Å²) >= 11 is 1.84. The largest absolute Gasteiger partial charge is 0.383 e. The number of fused-ring (bicyclic) bond motifs is 1. The molecule has 0 saturated carbocycles. The van der Waals surface area contributed by atoms with Crippen molar-refractivity contribution in [3.05, 3.63) is 47.2 Å². The third-order valence-corrected chi connectivity index (χ3v) is 3.71. The third-order valence-electron chi connectivity index (χ3n) is 2.74. The summed E-state index contributed by atoms with van der Waals surface area (Å²) < 4.78 is 0. The van der Waals surface area contributed by atoms with Gasteiger partial charge in [0, 0.05) is 35.9 Å². The summed E-state index contributed by atoms with van der Waals surface area (Å²) in [6.45, 7) is 0. The van der Waals surface area contributed by atoms with Crippen molar-refractivity contribution in [2.24, 2.45) is 0 Å². The fourth-order valence-electron chi connectivity index (χ4n) is 1.89. The van der Waals surface area contributed by atoms with Crippen molar-refractivity contribution in [3.8, 4) is 0 Å². The molecule has 0 spiro atoms. The number of hydrogen-bond donors (Lipinski definition) is 1. The molecule has 0 bridgehead atoms. The highest BCUT2D eigenvalue weighted by atomic mass is 32.2. The molecule has 86 valence electrons. The summed E-state index contributed by atoms with van der Waals surface area (Å²) in [6.07, 6.45) is 4.29. The second-order valence-electron chi connectivity index (χ2n) is 3.98. The van der Waals surface area contributed by atoms with Gasteiger partial charge in [-0.05, 0) is 11.6 Å². The third kappa shape index (κ3) is 2.10. The first-order chi connectivity index (χ1) is 8.33. The highest BCUT2D eigenvalue weighted by Crippen LogP contribution is 2.31. The van der Waals surface area contributed by atoms with Crippen LogP contribution >= 0.6 is 11.8 Å². The van der Waals surface area contributed by atoms with E-state index in [9.17, 15) is 0 Å². The maximum absolute atomic E-state index is 5.95. The Balaban J connectivity index is 1.92. The van der Waals surface area contributed by atoms with E-state index in [0.717, 1.165) is 34.2 Å². The van der Waals surface area contributed by atoms with Crippen LogP contribution in [0.15, 0.2) is 24.5 Å². The number of nitrogens with zero attached hydrogens (tertiary/aromatic N) is 3. The van der Waals surface area contributed by atoms with E-state index in [1.807, 2.05) is 30.1 Å². The first kappa shape index (κ1) is 10.5. The first-order valence-corrected chi connectivity index (χ1v) is 6.59. The topological polar surface area (TPSA) is 64.7 Å². The number of thioether (sulfide) groups is 1. The minimum atomic E-state index is 0.638. The summed E-state index contributed by atoms with van der Waals surface area (Å²) in [5, 5.41) is 0. The van der Waals surface area contributed by atoms with Crippen LogP contribution in [0.3, 0.4) is 0 Å². The van der Waals surface area contributed by atoms with Gasteiger partial charge in [-0.2, -0.15) is 11.8 Å². The van der Waals surface area contributed by atoms with Gasteiger partial charge in [0.05, 0.1) is 5.69 Å². The van der Waals surface area contributed by atoms with E-state index in [0.29, 0.717) is 12.2 Å². The first-order valence-electron chi connectivity index (χ1n) is 5.44. The van der Waals surface area contributed by atoms with Gasteiger partial charge in [0.25, 0.3) is 0 Å².